The zero-order valence-electron chi connectivity index (χ0n) is 21.1. The number of hydrogen-bond acceptors (Lipinski definition) is 6. The number of carbonyl (C=O) groups is 2. The summed E-state index contributed by atoms with van der Waals surface area (Å²) >= 11 is 0. The lowest BCUT2D eigenvalue weighted by molar-refractivity contribution is -0.121. The van der Waals surface area contributed by atoms with Crippen LogP contribution in [0.25, 0.3) is 0 Å². The molecule has 4 rings (SSSR count). The van der Waals surface area contributed by atoms with Crippen LogP contribution >= 0.6 is 0 Å². The van der Waals surface area contributed by atoms with Gasteiger partial charge in [-0.2, -0.15) is 14.6 Å². The number of carbonyl (C=O) groups excluding carboxylic acids is 2. The second kappa shape index (κ2) is 10.8. The van der Waals surface area contributed by atoms with Crippen molar-refractivity contribution in [1.82, 2.24) is 35.1 Å². The number of alkyl halides is 2. The third kappa shape index (κ3) is 5.78. The van der Waals surface area contributed by atoms with Crippen LogP contribution in [0.5, 0.6) is 0 Å². The first-order valence-corrected chi connectivity index (χ1v) is 12.3. The van der Waals surface area contributed by atoms with E-state index in [-0.39, 0.29) is 35.8 Å². The third-order valence-electron chi connectivity index (χ3n) is 6.74. The van der Waals surface area contributed by atoms with Crippen molar-refractivity contribution < 1.29 is 22.8 Å². The minimum Gasteiger partial charge on any atom is -0.339 e. The van der Waals surface area contributed by atoms with Crippen LogP contribution in [0.2, 0.25) is 0 Å². The first kappa shape index (κ1) is 27.1. The van der Waals surface area contributed by atoms with Crippen molar-refractivity contribution in [3.8, 4) is 0 Å². The fourth-order valence-electron chi connectivity index (χ4n) is 4.60. The summed E-state index contributed by atoms with van der Waals surface area (Å²) in [6.07, 6.45) is 3.19. The Kier molecular flexibility index (Phi) is 7.69. The smallest absolute Gasteiger partial charge is 0.270 e. The van der Waals surface area contributed by atoms with E-state index >= 15 is 0 Å². The summed E-state index contributed by atoms with van der Waals surface area (Å²) < 4.78 is 45.0. The summed E-state index contributed by atoms with van der Waals surface area (Å²) in [5.41, 5.74) is -0.274. The topological polar surface area (TPSA) is 140 Å². The molecule has 3 aromatic heterocycles. The van der Waals surface area contributed by atoms with Crippen molar-refractivity contribution in [2.45, 2.75) is 70.5 Å². The first-order valence-electron chi connectivity index (χ1n) is 12.3. The van der Waals surface area contributed by atoms with E-state index in [9.17, 15) is 27.6 Å². The molecule has 0 radical (unpaired) electrons. The molecule has 1 fully saturated rings. The van der Waals surface area contributed by atoms with E-state index in [1.165, 1.54) is 40.1 Å². The molecule has 38 heavy (non-hydrogen) atoms. The van der Waals surface area contributed by atoms with Gasteiger partial charge in [0.2, 0.25) is 11.8 Å². The molecule has 204 valence electrons. The Labute approximate surface area is 215 Å². The molecule has 3 N–H and O–H groups in total. The zero-order valence-corrected chi connectivity index (χ0v) is 21.1. The quantitative estimate of drug-likeness (QED) is 0.406. The number of H-pyrrole nitrogens is 1. The van der Waals surface area contributed by atoms with Crippen LogP contribution in [0.1, 0.15) is 74.6 Å². The van der Waals surface area contributed by atoms with Crippen LogP contribution in [0.15, 0.2) is 35.5 Å². The average molecular weight is 535 g/mol. The Morgan fingerprint density at radius 3 is 2.53 bits per heavy atom. The number of halogens is 3. The standard InChI is InChI=1S/C24H29F3N8O3/c1-13(2)35-18(7-11-29-35)22(37)31-19(15-4-8-24(26,27)9-5-15)23(38)30-17-12-34(33-20(17)25)14(3)16-6-10-28-32-21(16)36/h6-7,10-15,19H,4-5,8-9H2,1-3H3,(H,30,38)(H,31,37)(H,32,36)/t14-,19-/m0/s1. The van der Waals surface area contributed by atoms with Crippen LogP contribution < -0.4 is 16.2 Å². The van der Waals surface area contributed by atoms with Gasteiger partial charge in [-0.25, -0.2) is 13.9 Å². The highest BCUT2D eigenvalue weighted by Gasteiger charge is 2.41. The highest BCUT2D eigenvalue weighted by Crippen LogP contribution is 2.38. The van der Waals surface area contributed by atoms with Gasteiger partial charge in [-0.3, -0.25) is 23.7 Å². The van der Waals surface area contributed by atoms with Gasteiger partial charge in [0.05, 0.1) is 12.2 Å². The van der Waals surface area contributed by atoms with E-state index in [1.807, 2.05) is 13.8 Å². The van der Waals surface area contributed by atoms with E-state index in [2.05, 4.69) is 31.0 Å². The monoisotopic (exact) mass is 534 g/mol. The van der Waals surface area contributed by atoms with Crippen LogP contribution in [0.3, 0.4) is 0 Å². The van der Waals surface area contributed by atoms with Crippen LogP contribution in [0.4, 0.5) is 18.9 Å². The van der Waals surface area contributed by atoms with Gasteiger partial charge >= 0.3 is 0 Å². The number of amides is 2. The maximum Gasteiger partial charge on any atom is 0.270 e. The fourth-order valence-corrected chi connectivity index (χ4v) is 4.60. The van der Waals surface area contributed by atoms with Gasteiger partial charge in [0.15, 0.2) is 0 Å². The SMILES string of the molecule is CC(C)n1nccc1C(=O)N[C@H](C(=O)Nc1cn([C@@H](C)c2ccn[nH]c2=O)nc1F)C1CCC(F)(F)CC1. The van der Waals surface area contributed by atoms with Gasteiger partial charge in [-0.05, 0) is 51.7 Å². The van der Waals surface area contributed by atoms with Gasteiger partial charge in [0.25, 0.3) is 17.4 Å². The Balaban J connectivity index is 1.56. The molecule has 0 aliphatic heterocycles. The average Bonchev–Trinajstić information content (AvgIpc) is 3.50. The van der Waals surface area contributed by atoms with Gasteiger partial charge in [-0.15, -0.1) is 5.10 Å². The van der Waals surface area contributed by atoms with Crippen molar-refractivity contribution in [2.24, 2.45) is 5.92 Å². The fraction of sp³-hybridized carbons (Fsp3) is 0.500. The van der Waals surface area contributed by atoms with Crippen molar-refractivity contribution in [3.63, 3.8) is 0 Å². The van der Waals surface area contributed by atoms with E-state index in [0.29, 0.717) is 0 Å². The number of nitrogens with zero attached hydrogens (tertiary/aromatic N) is 5. The van der Waals surface area contributed by atoms with Crippen molar-refractivity contribution in [2.75, 3.05) is 5.32 Å². The highest BCUT2D eigenvalue weighted by molar-refractivity contribution is 6.00. The second-order valence-corrected chi connectivity index (χ2v) is 9.72. The summed E-state index contributed by atoms with van der Waals surface area (Å²) in [5.74, 6) is -5.81. The van der Waals surface area contributed by atoms with Crippen LogP contribution in [0, 0.1) is 11.9 Å². The number of aromatic nitrogens is 6. The summed E-state index contributed by atoms with van der Waals surface area (Å²) in [7, 11) is 0. The van der Waals surface area contributed by atoms with E-state index in [4.69, 9.17) is 0 Å². The van der Waals surface area contributed by atoms with Gasteiger partial charge < -0.3 is 10.6 Å². The molecule has 2 amide bonds. The van der Waals surface area contributed by atoms with Crippen molar-refractivity contribution in [1.29, 1.82) is 0 Å². The largest absolute Gasteiger partial charge is 0.339 e. The molecule has 11 nitrogen and oxygen atoms in total. The highest BCUT2D eigenvalue weighted by atomic mass is 19.3. The molecule has 0 bridgehead atoms. The van der Waals surface area contributed by atoms with E-state index in [1.54, 1.807) is 6.92 Å². The summed E-state index contributed by atoms with van der Waals surface area (Å²) in [6, 6.07) is 0.923. The minimum atomic E-state index is -2.84. The molecule has 3 aromatic rings. The number of rotatable bonds is 8. The molecular formula is C24H29F3N8O3. The third-order valence-corrected chi connectivity index (χ3v) is 6.74. The number of nitrogens with one attached hydrogen (secondary N) is 3. The maximum absolute atomic E-state index is 14.7. The Hall–Kier alpha value is -3.97. The molecule has 1 aliphatic carbocycles. The lowest BCUT2D eigenvalue weighted by Gasteiger charge is -2.33. The maximum atomic E-state index is 14.7. The molecule has 0 aromatic carbocycles. The molecule has 0 saturated heterocycles. The Bertz CT molecular complexity index is 1360. The molecule has 2 atom stereocenters. The lowest BCUT2D eigenvalue weighted by Crippen LogP contribution is -2.50. The summed E-state index contributed by atoms with van der Waals surface area (Å²) in [5, 5.41) is 18.9. The molecule has 0 unspecified atom stereocenters. The normalized spacial score (nSPS) is 17.2. The Morgan fingerprint density at radius 2 is 1.87 bits per heavy atom. The number of aromatic amines is 1. The molecule has 1 saturated carbocycles. The number of anilines is 1. The first-order chi connectivity index (χ1) is 18.0. The minimum absolute atomic E-state index is 0.00158. The Morgan fingerprint density at radius 1 is 1.16 bits per heavy atom. The molecular weight excluding hydrogens is 505 g/mol. The van der Waals surface area contributed by atoms with Gasteiger partial charge in [0, 0.05) is 36.8 Å². The van der Waals surface area contributed by atoms with E-state index in [0.717, 1.165) is 0 Å². The summed E-state index contributed by atoms with van der Waals surface area (Å²) in [6.45, 7) is 5.28. The number of hydrogen-bond donors (Lipinski definition) is 3. The van der Waals surface area contributed by atoms with Gasteiger partial charge in [0.1, 0.15) is 17.4 Å². The van der Waals surface area contributed by atoms with E-state index < -0.39 is 60.1 Å². The van der Waals surface area contributed by atoms with Crippen LogP contribution in [-0.2, 0) is 4.79 Å². The predicted molar refractivity (Wildman–Crippen MR) is 130 cm³/mol. The zero-order chi connectivity index (χ0) is 27.6. The lowest BCUT2D eigenvalue weighted by atomic mass is 9.81. The molecule has 0 spiro atoms. The van der Waals surface area contributed by atoms with Crippen LogP contribution in [-0.4, -0.2) is 53.5 Å². The molecule has 14 heteroatoms. The van der Waals surface area contributed by atoms with Crippen molar-refractivity contribution >= 4 is 17.5 Å². The second-order valence-electron chi connectivity index (χ2n) is 9.72. The van der Waals surface area contributed by atoms with Gasteiger partial charge in [-0.1, -0.05) is 0 Å². The molecule has 1 aliphatic rings. The van der Waals surface area contributed by atoms with Crippen molar-refractivity contribution in [3.05, 3.63) is 58.3 Å². The molecule has 3 heterocycles. The predicted octanol–water partition coefficient (Wildman–Crippen LogP) is 3.05. The summed E-state index contributed by atoms with van der Waals surface area (Å²) in [4.78, 5) is 38.5.